The van der Waals surface area contributed by atoms with E-state index in [2.05, 4.69) is 5.18 Å². The molecule has 0 aliphatic carbocycles. The van der Waals surface area contributed by atoms with Gasteiger partial charge >= 0.3 is 17.9 Å². The first-order valence-electron chi connectivity index (χ1n) is 12.1. The lowest BCUT2D eigenvalue weighted by molar-refractivity contribution is -0.195. The summed E-state index contributed by atoms with van der Waals surface area (Å²) in [4.78, 5) is 59.0. The molecule has 0 bridgehead atoms. The Morgan fingerprint density at radius 1 is 1.08 bits per heavy atom. The lowest BCUT2D eigenvalue weighted by Gasteiger charge is -2.44. The van der Waals surface area contributed by atoms with Crippen molar-refractivity contribution in [1.29, 1.82) is 0 Å². The van der Waals surface area contributed by atoms with Crippen molar-refractivity contribution in [2.45, 2.75) is 67.5 Å². The first kappa shape index (κ1) is 29.8. The highest BCUT2D eigenvalue weighted by atomic mass is 32.2. The Morgan fingerprint density at radius 2 is 1.74 bits per heavy atom. The highest BCUT2D eigenvalue weighted by Crippen LogP contribution is 2.46. The summed E-state index contributed by atoms with van der Waals surface area (Å²) < 4.78 is 27.4. The van der Waals surface area contributed by atoms with Crippen molar-refractivity contribution in [2.24, 2.45) is 5.18 Å². The molecule has 1 aliphatic heterocycles. The molecule has 3 rings (SSSR count). The molecule has 1 fully saturated rings. The van der Waals surface area contributed by atoms with Crippen molar-refractivity contribution in [3.63, 3.8) is 0 Å². The number of ether oxygens (including phenoxy) is 5. The minimum atomic E-state index is -1.77. The van der Waals surface area contributed by atoms with Gasteiger partial charge in [0.05, 0.1) is 6.10 Å². The SMILES string of the molecule is CC(=O)OC(COC=O)CC1OC(Sc2ccccc2)(C(=O)OCc2ccccc2)C[C@@H](OC(C)=O)C1N=O. The van der Waals surface area contributed by atoms with Crippen LogP contribution < -0.4 is 0 Å². The molecule has 11 nitrogen and oxygen atoms in total. The molecule has 5 atom stereocenters. The first-order valence-corrected chi connectivity index (χ1v) is 12.9. The molecule has 2 aromatic rings. The number of hydrogen-bond donors (Lipinski definition) is 0. The molecule has 0 spiro atoms. The van der Waals surface area contributed by atoms with Gasteiger partial charge in [-0.1, -0.05) is 65.5 Å². The fourth-order valence-electron chi connectivity index (χ4n) is 4.18. The molecule has 208 valence electrons. The number of carbonyl (C=O) groups is 4. The maximum Gasteiger partial charge on any atom is 0.349 e. The molecule has 2 aromatic carbocycles. The van der Waals surface area contributed by atoms with E-state index >= 15 is 0 Å². The summed E-state index contributed by atoms with van der Waals surface area (Å²) in [7, 11) is 0. The van der Waals surface area contributed by atoms with Crippen LogP contribution in [0, 0.1) is 4.91 Å². The van der Waals surface area contributed by atoms with Gasteiger partial charge in [0.2, 0.25) is 4.93 Å². The predicted molar refractivity (Wildman–Crippen MR) is 138 cm³/mol. The zero-order valence-electron chi connectivity index (χ0n) is 21.4. The summed E-state index contributed by atoms with van der Waals surface area (Å²) in [6.07, 6.45) is -3.80. The van der Waals surface area contributed by atoms with Gasteiger partial charge in [-0.2, -0.15) is 4.91 Å². The monoisotopic (exact) mass is 559 g/mol. The van der Waals surface area contributed by atoms with Crippen LogP contribution in [0.4, 0.5) is 0 Å². The summed E-state index contributed by atoms with van der Waals surface area (Å²) in [5, 5.41) is 3.14. The van der Waals surface area contributed by atoms with Gasteiger partial charge in [0.1, 0.15) is 25.4 Å². The van der Waals surface area contributed by atoms with E-state index in [1.54, 1.807) is 54.6 Å². The summed E-state index contributed by atoms with van der Waals surface area (Å²) in [6, 6.07) is 16.7. The van der Waals surface area contributed by atoms with Gasteiger partial charge in [-0.3, -0.25) is 14.4 Å². The molecule has 12 heteroatoms. The van der Waals surface area contributed by atoms with E-state index in [1.165, 1.54) is 13.8 Å². The van der Waals surface area contributed by atoms with Crippen LogP contribution in [0.25, 0.3) is 0 Å². The maximum absolute atomic E-state index is 13.7. The Labute approximate surface area is 229 Å². The molecule has 0 radical (unpaired) electrons. The second-order valence-electron chi connectivity index (χ2n) is 8.73. The normalized spacial score (nSPS) is 23.1. The average Bonchev–Trinajstić information content (AvgIpc) is 2.91. The molecule has 4 unspecified atom stereocenters. The molecule has 0 amide bonds. The third-order valence-corrected chi connectivity index (χ3v) is 7.01. The number of hydrogen-bond acceptors (Lipinski definition) is 12. The Hall–Kier alpha value is -3.77. The second-order valence-corrected chi connectivity index (χ2v) is 10.1. The van der Waals surface area contributed by atoms with E-state index in [0.29, 0.717) is 4.90 Å². The summed E-state index contributed by atoms with van der Waals surface area (Å²) >= 11 is 1.03. The number of carbonyl (C=O) groups excluding carboxylic acids is 4. The Bertz CT molecular complexity index is 1130. The van der Waals surface area contributed by atoms with Crippen LogP contribution in [-0.2, 0) is 49.5 Å². The third kappa shape index (κ3) is 8.62. The molecule has 1 heterocycles. The van der Waals surface area contributed by atoms with Crippen molar-refractivity contribution < 1.29 is 42.9 Å². The van der Waals surface area contributed by atoms with Gasteiger partial charge in [-0.25, -0.2) is 4.79 Å². The molecule has 0 N–H and O–H groups in total. The molecule has 39 heavy (non-hydrogen) atoms. The van der Waals surface area contributed by atoms with Gasteiger partial charge in [-0.05, 0) is 17.7 Å². The van der Waals surface area contributed by atoms with E-state index in [-0.39, 0.29) is 32.5 Å². The predicted octanol–water partition coefficient (Wildman–Crippen LogP) is 3.57. The average molecular weight is 560 g/mol. The van der Waals surface area contributed by atoms with Crippen molar-refractivity contribution in [2.75, 3.05) is 6.61 Å². The van der Waals surface area contributed by atoms with Crippen molar-refractivity contribution in [3.8, 4) is 0 Å². The third-order valence-electron chi connectivity index (χ3n) is 5.74. The Balaban J connectivity index is 1.99. The molecule has 0 saturated carbocycles. The van der Waals surface area contributed by atoms with Gasteiger partial charge in [0.15, 0.2) is 6.04 Å². The lowest BCUT2D eigenvalue weighted by Crippen LogP contribution is -2.58. The van der Waals surface area contributed by atoms with Crippen LogP contribution in [0.2, 0.25) is 0 Å². The molecular weight excluding hydrogens is 530 g/mol. The summed E-state index contributed by atoms with van der Waals surface area (Å²) in [6.45, 7) is 2.15. The summed E-state index contributed by atoms with van der Waals surface area (Å²) in [5.74, 6) is -2.11. The van der Waals surface area contributed by atoms with Gasteiger partial charge in [0.25, 0.3) is 6.47 Å². The smallest absolute Gasteiger partial charge is 0.349 e. The number of nitrogens with zero attached hydrogens (tertiary/aromatic N) is 1. The fourth-order valence-corrected chi connectivity index (χ4v) is 5.41. The van der Waals surface area contributed by atoms with Gasteiger partial charge < -0.3 is 23.7 Å². The minimum Gasteiger partial charge on any atom is -0.464 e. The van der Waals surface area contributed by atoms with Crippen molar-refractivity contribution in [1.82, 2.24) is 0 Å². The highest BCUT2D eigenvalue weighted by molar-refractivity contribution is 8.01. The zero-order chi connectivity index (χ0) is 28.3. The van der Waals surface area contributed by atoms with Crippen LogP contribution >= 0.6 is 11.8 Å². The van der Waals surface area contributed by atoms with E-state index < -0.39 is 47.2 Å². The van der Waals surface area contributed by atoms with Crippen LogP contribution in [0.5, 0.6) is 0 Å². The van der Waals surface area contributed by atoms with Crippen molar-refractivity contribution >= 4 is 36.1 Å². The number of thioether (sulfide) groups is 1. The van der Waals surface area contributed by atoms with Gasteiger partial charge in [-0.15, -0.1) is 0 Å². The quantitative estimate of drug-likeness (QED) is 0.154. The molecular formula is C27H29NO10S. The van der Waals surface area contributed by atoms with E-state index in [9.17, 15) is 24.1 Å². The maximum atomic E-state index is 13.7. The van der Waals surface area contributed by atoms with Crippen LogP contribution in [0.1, 0.15) is 32.3 Å². The van der Waals surface area contributed by atoms with Crippen molar-refractivity contribution in [3.05, 3.63) is 71.1 Å². The van der Waals surface area contributed by atoms with E-state index in [4.69, 9.17) is 23.7 Å². The fraction of sp³-hybridized carbons (Fsp3) is 0.407. The number of esters is 3. The number of rotatable bonds is 13. The first-order chi connectivity index (χ1) is 18.8. The topological polar surface area (TPSA) is 144 Å². The minimum absolute atomic E-state index is 0.0539. The molecule has 0 aromatic heterocycles. The van der Waals surface area contributed by atoms with E-state index in [0.717, 1.165) is 17.3 Å². The zero-order valence-corrected chi connectivity index (χ0v) is 22.2. The number of benzene rings is 2. The van der Waals surface area contributed by atoms with Crippen LogP contribution in [0.15, 0.2) is 70.7 Å². The van der Waals surface area contributed by atoms with Gasteiger partial charge in [0, 0.05) is 31.6 Å². The second kappa shape index (κ2) is 14.4. The number of nitroso groups, excluding NO2 is 1. The Morgan fingerprint density at radius 3 is 2.33 bits per heavy atom. The molecule has 1 saturated heterocycles. The largest absolute Gasteiger partial charge is 0.464 e. The summed E-state index contributed by atoms with van der Waals surface area (Å²) in [5.41, 5.74) is 0.739. The van der Waals surface area contributed by atoms with Crippen LogP contribution in [0.3, 0.4) is 0 Å². The molecule has 1 aliphatic rings. The lowest BCUT2D eigenvalue weighted by atomic mass is 9.92. The standard InChI is InChI=1S/C27H29NO10S/c1-18(30)36-21(16-34-17-29)13-23-25(28-33)24(37-19(2)31)14-27(38-23,39-22-11-7-4-8-12-22)26(32)35-15-20-9-5-3-6-10-20/h3-12,17,21,23-25H,13-16H2,1-2H3/t21?,23?,24-,25?,27?/m1/s1. The highest BCUT2D eigenvalue weighted by Gasteiger charge is 2.56. The Kier molecular flexibility index (Phi) is 11.0. The van der Waals surface area contributed by atoms with Crippen LogP contribution in [-0.4, -0.2) is 60.3 Å². The van der Waals surface area contributed by atoms with E-state index in [1.807, 2.05) is 6.07 Å².